The number of fused-ring (bicyclic) bond motifs is 3. The standard InChI is InChI=1S/C25H23FN8O2/c26-19-14-17(32-9-11-33(12-10-32)25(35)36)4-5-21(19)30-24-29-15-16-13-18(20-3-1-2-6-27-20)23-28-7-8-34(23)22(16)31-24/h1-6,13-15,28H,7-12H2,(H,35,36). The van der Waals surface area contributed by atoms with Gasteiger partial charge < -0.3 is 24.8 Å². The minimum absolute atomic E-state index is 0.146. The number of rotatable bonds is 3. The molecule has 2 N–H and O–H groups in total. The van der Waals surface area contributed by atoms with E-state index in [1.165, 1.54) is 11.0 Å². The van der Waals surface area contributed by atoms with E-state index in [-0.39, 0.29) is 11.3 Å². The third-order valence-electron chi connectivity index (χ3n) is 6.50. The summed E-state index contributed by atoms with van der Waals surface area (Å²) in [5, 5.41) is 12.5. The Bertz CT molecular complexity index is 1480. The number of halogens is 1. The number of carboxylic acid groups (broad SMARTS) is 1. The van der Waals surface area contributed by atoms with E-state index in [1.54, 1.807) is 24.5 Å². The molecule has 4 aliphatic heterocycles. The lowest BCUT2D eigenvalue weighted by Gasteiger charge is -2.34. The molecule has 0 saturated carbocycles. The summed E-state index contributed by atoms with van der Waals surface area (Å²) in [4.78, 5) is 32.3. The summed E-state index contributed by atoms with van der Waals surface area (Å²) in [6.45, 7) is 3.28. The number of hydrogen-bond acceptors (Lipinski definition) is 7. The molecule has 0 unspecified atom stereocenters. The third kappa shape index (κ3) is 3.98. The summed E-state index contributed by atoms with van der Waals surface area (Å²) in [7, 11) is 0. The van der Waals surface area contributed by atoms with Crippen LogP contribution in [0.15, 0.2) is 59.9 Å². The summed E-state index contributed by atoms with van der Waals surface area (Å²) in [5.41, 5.74) is 3.69. The number of carbonyl (C=O) groups is 1. The van der Waals surface area contributed by atoms with Crippen LogP contribution in [-0.2, 0) is 6.54 Å². The number of nitrogens with zero attached hydrogens (tertiary/aromatic N) is 7. The molecule has 11 heteroatoms. The average molecular weight is 487 g/mol. The molecular formula is C25H23FN8O2. The van der Waals surface area contributed by atoms with Crippen molar-refractivity contribution in [3.05, 3.63) is 66.3 Å². The van der Waals surface area contributed by atoms with Crippen molar-refractivity contribution in [3.8, 4) is 22.6 Å². The van der Waals surface area contributed by atoms with Gasteiger partial charge in [-0.2, -0.15) is 4.98 Å². The summed E-state index contributed by atoms with van der Waals surface area (Å²) < 4.78 is 17.0. The van der Waals surface area contributed by atoms with Gasteiger partial charge in [0.15, 0.2) is 5.82 Å². The van der Waals surface area contributed by atoms with E-state index in [2.05, 4.69) is 29.8 Å². The van der Waals surface area contributed by atoms with Crippen LogP contribution in [0.3, 0.4) is 0 Å². The predicted octanol–water partition coefficient (Wildman–Crippen LogP) is 3.04. The Morgan fingerprint density at radius 1 is 1.06 bits per heavy atom. The molecule has 36 heavy (non-hydrogen) atoms. The molecule has 182 valence electrons. The summed E-state index contributed by atoms with van der Waals surface area (Å²) in [6.07, 6.45) is 2.53. The zero-order chi connectivity index (χ0) is 24.6. The second-order valence-corrected chi connectivity index (χ2v) is 8.65. The van der Waals surface area contributed by atoms with Crippen molar-refractivity contribution in [1.82, 2.24) is 24.4 Å². The molecule has 0 radical (unpaired) electrons. The van der Waals surface area contributed by atoms with Crippen LogP contribution in [0.25, 0.3) is 22.6 Å². The van der Waals surface area contributed by atoms with Gasteiger partial charge in [-0.1, -0.05) is 6.07 Å². The highest BCUT2D eigenvalue weighted by molar-refractivity contribution is 5.80. The van der Waals surface area contributed by atoms with Crippen molar-refractivity contribution in [2.75, 3.05) is 42.9 Å². The van der Waals surface area contributed by atoms with E-state index in [9.17, 15) is 9.18 Å². The number of anilines is 2. The zero-order valence-corrected chi connectivity index (χ0v) is 19.3. The Morgan fingerprint density at radius 3 is 2.67 bits per heavy atom. The van der Waals surface area contributed by atoms with Crippen LogP contribution in [0.2, 0.25) is 0 Å². The Morgan fingerprint density at radius 2 is 1.92 bits per heavy atom. The van der Waals surface area contributed by atoms with E-state index < -0.39 is 11.9 Å². The Labute approximate surface area is 205 Å². The molecule has 0 spiro atoms. The summed E-state index contributed by atoms with van der Waals surface area (Å²) in [6, 6.07) is 12.6. The van der Waals surface area contributed by atoms with Crippen LogP contribution in [0.1, 0.15) is 0 Å². The normalized spacial score (nSPS) is 15.8. The van der Waals surface area contributed by atoms with Gasteiger partial charge in [0.1, 0.15) is 17.3 Å². The fraction of sp³-hybridized carbons (Fsp3) is 0.240. The first kappa shape index (κ1) is 22.0. The van der Waals surface area contributed by atoms with Crippen LogP contribution in [-0.4, -0.2) is 68.3 Å². The predicted molar refractivity (Wildman–Crippen MR) is 132 cm³/mol. The minimum atomic E-state index is -0.932. The van der Waals surface area contributed by atoms with E-state index in [4.69, 9.17) is 5.11 Å². The highest BCUT2D eigenvalue weighted by atomic mass is 19.1. The maximum Gasteiger partial charge on any atom is 0.407 e. The second kappa shape index (κ2) is 8.91. The lowest BCUT2D eigenvalue weighted by atomic mass is 10.1. The van der Waals surface area contributed by atoms with Gasteiger partial charge in [0, 0.05) is 68.5 Å². The SMILES string of the molecule is O=C(O)N1CCN(c2ccc(N=c3ncc4cc(-c5ccccn5)c5n(c-4n3)CCN5)c(F)c2)CC1. The highest BCUT2D eigenvalue weighted by Gasteiger charge is 2.23. The van der Waals surface area contributed by atoms with Crippen molar-refractivity contribution in [3.63, 3.8) is 0 Å². The quantitative estimate of drug-likeness (QED) is 0.458. The van der Waals surface area contributed by atoms with Gasteiger partial charge in [0.25, 0.3) is 5.62 Å². The Hall–Kier alpha value is -4.54. The first-order chi connectivity index (χ1) is 17.6. The van der Waals surface area contributed by atoms with Crippen molar-refractivity contribution in [2.45, 2.75) is 6.54 Å². The number of piperazine rings is 1. The zero-order valence-electron chi connectivity index (χ0n) is 19.3. The number of benzene rings is 1. The van der Waals surface area contributed by atoms with E-state index >= 15 is 0 Å². The van der Waals surface area contributed by atoms with Crippen LogP contribution in [0.4, 0.5) is 26.4 Å². The smallest absolute Gasteiger partial charge is 0.407 e. The molecule has 2 aromatic rings. The van der Waals surface area contributed by atoms with Crippen LogP contribution in [0, 0.1) is 5.82 Å². The van der Waals surface area contributed by atoms with Crippen molar-refractivity contribution < 1.29 is 14.3 Å². The molecule has 6 rings (SSSR count). The third-order valence-corrected chi connectivity index (χ3v) is 6.50. The molecular weight excluding hydrogens is 463 g/mol. The van der Waals surface area contributed by atoms with E-state index in [0.29, 0.717) is 31.9 Å². The molecule has 5 heterocycles. The number of nitrogens with one attached hydrogen (secondary N) is 1. The number of hydrogen-bond donors (Lipinski definition) is 2. The monoisotopic (exact) mass is 486 g/mol. The van der Waals surface area contributed by atoms with Gasteiger partial charge in [0.2, 0.25) is 0 Å². The molecule has 1 fully saturated rings. The minimum Gasteiger partial charge on any atom is -0.465 e. The van der Waals surface area contributed by atoms with Crippen LogP contribution >= 0.6 is 0 Å². The van der Waals surface area contributed by atoms with Crippen molar-refractivity contribution in [2.24, 2.45) is 4.99 Å². The fourth-order valence-corrected chi connectivity index (χ4v) is 4.68. The first-order valence-electron chi connectivity index (χ1n) is 11.7. The maximum absolute atomic E-state index is 15.0. The number of pyridine rings is 2. The molecule has 0 aliphatic carbocycles. The van der Waals surface area contributed by atoms with Gasteiger partial charge in [-0.15, -0.1) is 0 Å². The largest absolute Gasteiger partial charge is 0.465 e. The first-order valence-corrected chi connectivity index (χ1v) is 11.7. The van der Waals surface area contributed by atoms with Crippen molar-refractivity contribution in [1.29, 1.82) is 0 Å². The van der Waals surface area contributed by atoms with Gasteiger partial charge in [-0.25, -0.2) is 19.2 Å². The van der Waals surface area contributed by atoms with E-state index in [1.807, 2.05) is 29.2 Å². The fourth-order valence-electron chi connectivity index (χ4n) is 4.68. The summed E-state index contributed by atoms with van der Waals surface area (Å²) in [5.74, 6) is 1.17. The molecule has 10 nitrogen and oxygen atoms in total. The van der Waals surface area contributed by atoms with Gasteiger partial charge in [-0.3, -0.25) is 4.98 Å². The lowest BCUT2D eigenvalue weighted by Crippen LogP contribution is -2.48. The molecule has 4 aliphatic rings. The molecule has 0 bridgehead atoms. The number of aromatic nitrogens is 4. The Kier molecular flexibility index (Phi) is 5.44. The molecule has 1 amide bonds. The van der Waals surface area contributed by atoms with Gasteiger partial charge >= 0.3 is 6.09 Å². The topological polar surface area (TPSA) is 112 Å². The van der Waals surface area contributed by atoms with Crippen molar-refractivity contribution >= 4 is 23.3 Å². The molecule has 1 aromatic heterocycles. The van der Waals surface area contributed by atoms with E-state index in [0.717, 1.165) is 41.6 Å². The highest BCUT2D eigenvalue weighted by Crippen LogP contribution is 2.35. The summed E-state index contributed by atoms with van der Waals surface area (Å²) >= 11 is 0. The van der Waals surface area contributed by atoms with Gasteiger partial charge in [0.05, 0.1) is 5.69 Å². The molecule has 0 atom stereocenters. The van der Waals surface area contributed by atoms with Gasteiger partial charge in [-0.05, 0) is 36.4 Å². The molecule has 1 aromatic carbocycles. The maximum atomic E-state index is 15.0. The number of amides is 1. The lowest BCUT2D eigenvalue weighted by molar-refractivity contribution is 0.142. The average Bonchev–Trinajstić information content (AvgIpc) is 3.40. The van der Waals surface area contributed by atoms with Crippen LogP contribution < -0.4 is 15.8 Å². The second-order valence-electron chi connectivity index (χ2n) is 8.65. The Balaban J connectivity index is 1.32. The molecule has 1 saturated heterocycles. The van der Waals surface area contributed by atoms with Crippen LogP contribution in [0.5, 0.6) is 0 Å².